The van der Waals surface area contributed by atoms with Crippen molar-refractivity contribution in [3.8, 4) is 0 Å². The lowest BCUT2D eigenvalue weighted by molar-refractivity contribution is -0.142. The Bertz CT molecular complexity index is 555. The van der Waals surface area contributed by atoms with Crippen LogP contribution in [0.5, 0.6) is 0 Å². The number of nitrogens with zero attached hydrogens (tertiary/aromatic N) is 3. The van der Waals surface area contributed by atoms with Crippen molar-refractivity contribution in [2.24, 2.45) is 0 Å². The van der Waals surface area contributed by atoms with Crippen LogP contribution in [0.15, 0.2) is 23.3 Å². The molecule has 1 aliphatic heterocycles. The van der Waals surface area contributed by atoms with Gasteiger partial charge in [0, 0.05) is 25.0 Å². The van der Waals surface area contributed by atoms with Crippen LogP contribution in [0.3, 0.4) is 0 Å². The number of likely N-dealkylation sites (tertiary alicyclic amines) is 1. The SMILES string of the molecule is O=C(O)CC1CCCCN1C(=O)Cn1cccnc1=O. The molecule has 1 fully saturated rings. The van der Waals surface area contributed by atoms with Crippen LogP contribution >= 0.6 is 0 Å². The van der Waals surface area contributed by atoms with Gasteiger partial charge in [0.25, 0.3) is 0 Å². The van der Waals surface area contributed by atoms with E-state index in [0.29, 0.717) is 13.0 Å². The predicted octanol–water partition coefficient (Wildman–Crippen LogP) is 0.0991. The fourth-order valence-electron chi connectivity index (χ4n) is 2.49. The zero-order valence-electron chi connectivity index (χ0n) is 11.1. The van der Waals surface area contributed by atoms with E-state index in [1.807, 2.05) is 0 Å². The topological polar surface area (TPSA) is 92.5 Å². The minimum atomic E-state index is -0.909. The molecule has 2 heterocycles. The summed E-state index contributed by atoms with van der Waals surface area (Å²) >= 11 is 0. The highest BCUT2D eigenvalue weighted by molar-refractivity contribution is 5.77. The molecule has 7 nitrogen and oxygen atoms in total. The standard InChI is InChI=1S/C13H17N3O4/c17-11(9-15-6-3-5-14-13(15)20)16-7-2-1-4-10(16)8-12(18)19/h3,5-6,10H,1-2,4,7-9H2,(H,18,19). The molecular weight excluding hydrogens is 262 g/mol. The number of amides is 1. The predicted molar refractivity (Wildman–Crippen MR) is 70.1 cm³/mol. The van der Waals surface area contributed by atoms with Crippen LogP contribution < -0.4 is 5.69 Å². The van der Waals surface area contributed by atoms with E-state index in [2.05, 4.69) is 4.98 Å². The number of carboxylic acids is 1. The first-order valence-corrected chi connectivity index (χ1v) is 6.60. The minimum absolute atomic E-state index is 0.0479. The lowest BCUT2D eigenvalue weighted by Crippen LogP contribution is -2.47. The van der Waals surface area contributed by atoms with Crippen molar-refractivity contribution in [2.75, 3.05) is 6.54 Å². The molecule has 20 heavy (non-hydrogen) atoms. The molecule has 1 N–H and O–H groups in total. The van der Waals surface area contributed by atoms with Crippen molar-refractivity contribution < 1.29 is 14.7 Å². The van der Waals surface area contributed by atoms with E-state index in [1.54, 1.807) is 11.0 Å². The van der Waals surface area contributed by atoms with Crippen LogP contribution in [-0.2, 0) is 16.1 Å². The lowest BCUT2D eigenvalue weighted by atomic mass is 9.99. The first kappa shape index (κ1) is 14.2. The highest BCUT2D eigenvalue weighted by atomic mass is 16.4. The second-order valence-electron chi connectivity index (χ2n) is 4.86. The van der Waals surface area contributed by atoms with Gasteiger partial charge in [-0.05, 0) is 25.3 Å². The van der Waals surface area contributed by atoms with Crippen LogP contribution in [0.4, 0.5) is 0 Å². The summed E-state index contributed by atoms with van der Waals surface area (Å²) < 4.78 is 1.23. The van der Waals surface area contributed by atoms with E-state index in [0.717, 1.165) is 12.8 Å². The van der Waals surface area contributed by atoms with Gasteiger partial charge in [0.1, 0.15) is 6.54 Å². The van der Waals surface area contributed by atoms with Crippen molar-refractivity contribution in [1.82, 2.24) is 14.5 Å². The number of rotatable bonds is 4. The van der Waals surface area contributed by atoms with Gasteiger partial charge in [-0.1, -0.05) is 0 Å². The molecule has 1 aromatic rings. The third kappa shape index (κ3) is 3.43. The first-order valence-electron chi connectivity index (χ1n) is 6.60. The quantitative estimate of drug-likeness (QED) is 0.843. The molecule has 0 aromatic carbocycles. The Morgan fingerprint density at radius 1 is 1.40 bits per heavy atom. The number of carbonyl (C=O) groups excluding carboxylic acids is 1. The number of carboxylic acid groups (broad SMARTS) is 1. The Balaban J connectivity index is 2.08. The van der Waals surface area contributed by atoms with Crippen LogP contribution in [0, 0.1) is 0 Å². The Kier molecular flexibility index (Phi) is 4.49. The fraction of sp³-hybridized carbons (Fsp3) is 0.538. The summed E-state index contributed by atoms with van der Waals surface area (Å²) in [5.41, 5.74) is -0.479. The summed E-state index contributed by atoms with van der Waals surface area (Å²) in [6.07, 6.45) is 5.31. The fourth-order valence-corrected chi connectivity index (χ4v) is 2.49. The summed E-state index contributed by atoms with van der Waals surface area (Å²) in [6.45, 7) is 0.453. The summed E-state index contributed by atoms with van der Waals surface area (Å²) in [5.74, 6) is -1.14. The molecule has 1 amide bonds. The average molecular weight is 279 g/mol. The van der Waals surface area contributed by atoms with Crippen LogP contribution in [0.25, 0.3) is 0 Å². The van der Waals surface area contributed by atoms with Gasteiger partial charge in [-0.15, -0.1) is 0 Å². The largest absolute Gasteiger partial charge is 0.481 e. The first-order chi connectivity index (χ1) is 9.58. The highest BCUT2D eigenvalue weighted by Gasteiger charge is 2.28. The molecular formula is C13H17N3O4. The monoisotopic (exact) mass is 279 g/mol. The Morgan fingerprint density at radius 2 is 2.20 bits per heavy atom. The van der Waals surface area contributed by atoms with Gasteiger partial charge in [-0.3, -0.25) is 14.2 Å². The maximum atomic E-state index is 12.3. The van der Waals surface area contributed by atoms with Gasteiger partial charge in [-0.2, -0.15) is 0 Å². The summed E-state index contributed by atoms with van der Waals surface area (Å²) in [4.78, 5) is 39.8. The van der Waals surface area contributed by atoms with Crippen molar-refractivity contribution >= 4 is 11.9 Å². The highest BCUT2D eigenvalue weighted by Crippen LogP contribution is 2.20. The average Bonchev–Trinajstić information content (AvgIpc) is 2.41. The second kappa shape index (κ2) is 6.31. The Morgan fingerprint density at radius 3 is 2.90 bits per heavy atom. The van der Waals surface area contributed by atoms with E-state index < -0.39 is 11.7 Å². The molecule has 1 atom stereocenters. The molecule has 1 aromatic heterocycles. The van der Waals surface area contributed by atoms with Crippen molar-refractivity contribution in [1.29, 1.82) is 0 Å². The van der Waals surface area contributed by atoms with Gasteiger partial charge >= 0.3 is 11.7 Å². The number of piperidine rings is 1. The van der Waals surface area contributed by atoms with Crippen LogP contribution in [0.2, 0.25) is 0 Å². The lowest BCUT2D eigenvalue weighted by Gasteiger charge is -2.35. The number of hydrogen-bond donors (Lipinski definition) is 1. The van der Waals surface area contributed by atoms with Gasteiger partial charge in [0.2, 0.25) is 5.91 Å². The molecule has 1 unspecified atom stereocenters. The van der Waals surface area contributed by atoms with E-state index in [9.17, 15) is 14.4 Å². The maximum absolute atomic E-state index is 12.3. The molecule has 1 aliphatic rings. The molecule has 0 spiro atoms. The molecule has 1 saturated heterocycles. The van der Waals surface area contributed by atoms with E-state index in [4.69, 9.17) is 5.11 Å². The number of aromatic nitrogens is 2. The van der Waals surface area contributed by atoms with Crippen LogP contribution in [0.1, 0.15) is 25.7 Å². The van der Waals surface area contributed by atoms with E-state index in [1.165, 1.54) is 17.0 Å². The summed E-state index contributed by atoms with van der Waals surface area (Å²) in [5, 5.41) is 8.90. The Labute approximate surface area is 115 Å². The number of hydrogen-bond acceptors (Lipinski definition) is 4. The minimum Gasteiger partial charge on any atom is -0.481 e. The van der Waals surface area contributed by atoms with Gasteiger partial charge < -0.3 is 10.0 Å². The second-order valence-corrected chi connectivity index (χ2v) is 4.86. The smallest absolute Gasteiger partial charge is 0.347 e. The molecule has 0 aliphatic carbocycles. The Hall–Kier alpha value is -2.18. The third-order valence-electron chi connectivity index (χ3n) is 3.45. The normalized spacial score (nSPS) is 18.8. The molecule has 7 heteroatoms. The van der Waals surface area contributed by atoms with Crippen molar-refractivity contribution in [3.05, 3.63) is 28.9 Å². The van der Waals surface area contributed by atoms with Crippen molar-refractivity contribution in [3.63, 3.8) is 0 Å². The zero-order valence-corrected chi connectivity index (χ0v) is 11.1. The molecule has 0 bridgehead atoms. The zero-order chi connectivity index (χ0) is 14.5. The third-order valence-corrected chi connectivity index (χ3v) is 3.45. The van der Waals surface area contributed by atoms with Crippen molar-refractivity contribution in [2.45, 2.75) is 38.3 Å². The summed E-state index contributed by atoms with van der Waals surface area (Å²) in [6, 6.07) is 1.31. The van der Waals surface area contributed by atoms with Crippen LogP contribution in [-0.4, -0.2) is 44.0 Å². The van der Waals surface area contributed by atoms with Gasteiger partial charge in [-0.25, -0.2) is 9.78 Å². The molecule has 108 valence electrons. The molecule has 0 radical (unpaired) electrons. The molecule has 0 saturated carbocycles. The maximum Gasteiger partial charge on any atom is 0.347 e. The number of carbonyl (C=O) groups is 2. The molecule has 2 rings (SSSR count). The van der Waals surface area contributed by atoms with E-state index >= 15 is 0 Å². The van der Waals surface area contributed by atoms with Gasteiger partial charge in [0.05, 0.1) is 6.42 Å². The number of aliphatic carboxylic acids is 1. The van der Waals surface area contributed by atoms with Gasteiger partial charge in [0.15, 0.2) is 0 Å². The summed E-state index contributed by atoms with van der Waals surface area (Å²) in [7, 11) is 0. The van der Waals surface area contributed by atoms with E-state index in [-0.39, 0.29) is 24.9 Å².